The second-order valence-electron chi connectivity index (χ2n) is 10.2. The first-order valence-corrected chi connectivity index (χ1v) is 12.6. The van der Waals surface area contributed by atoms with Gasteiger partial charge in [0.1, 0.15) is 18.2 Å². The van der Waals surface area contributed by atoms with Crippen molar-refractivity contribution in [3.8, 4) is 16.9 Å². The Morgan fingerprint density at radius 2 is 1.82 bits per heavy atom. The van der Waals surface area contributed by atoms with E-state index in [4.69, 9.17) is 9.47 Å². The molecule has 0 radical (unpaired) electrons. The number of amides is 1. The molecule has 4 heterocycles. The first-order valence-electron chi connectivity index (χ1n) is 12.6. The van der Waals surface area contributed by atoms with Gasteiger partial charge in [-0.25, -0.2) is 13.2 Å². The Balaban J connectivity index is 1.33. The number of aromatic nitrogens is 1. The summed E-state index contributed by atoms with van der Waals surface area (Å²) in [6.07, 6.45) is 1.44. The molecule has 0 bridgehead atoms. The number of rotatable bonds is 4. The van der Waals surface area contributed by atoms with Gasteiger partial charge in [-0.2, -0.15) is 0 Å². The molecule has 0 unspecified atom stereocenters. The summed E-state index contributed by atoms with van der Waals surface area (Å²) in [6.45, 7) is 3.53. The standard InChI is InChI=1S/C29H23F3N4O3/c30-17-10-20(25(32)22(31)11-17)18-4-3-5-19-26(18)33-12-21(27(19)35-13-29(14-35)15-38-16-29)28(37)34-36-8-9-39-24-7-2-1-6-23(24)36/h1-7,10-12H,8-9,13-16H2,(H,34,37). The summed E-state index contributed by atoms with van der Waals surface area (Å²) in [5, 5.41) is 2.33. The molecule has 39 heavy (non-hydrogen) atoms. The second kappa shape index (κ2) is 8.88. The van der Waals surface area contributed by atoms with Crippen molar-refractivity contribution in [2.24, 2.45) is 5.41 Å². The van der Waals surface area contributed by atoms with Gasteiger partial charge in [-0.3, -0.25) is 20.2 Å². The number of hydrogen-bond donors (Lipinski definition) is 1. The molecule has 3 aromatic carbocycles. The number of anilines is 2. The number of nitrogens with zero attached hydrogens (tertiary/aromatic N) is 3. The normalized spacial score (nSPS) is 17.3. The summed E-state index contributed by atoms with van der Waals surface area (Å²) in [5.74, 6) is -3.02. The van der Waals surface area contributed by atoms with Gasteiger partial charge >= 0.3 is 0 Å². The number of fused-ring (bicyclic) bond motifs is 2. The number of para-hydroxylation sites is 3. The quantitative estimate of drug-likeness (QED) is 0.385. The van der Waals surface area contributed by atoms with E-state index in [1.54, 1.807) is 23.2 Å². The molecule has 198 valence electrons. The van der Waals surface area contributed by atoms with Crippen molar-refractivity contribution in [1.82, 2.24) is 10.4 Å². The molecular formula is C29H23F3N4O3. The van der Waals surface area contributed by atoms with E-state index in [0.29, 0.717) is 73.4 Å². The van der Waals surface area contributed by atoms with Crippen LogP contribution in [0.3, 0.4) is 0 Å². The third-order valence-electron chi connectivity index (χ3n) is 7.55. The first kappa shape index (κ1) is 23.8. The van der Waals surface area contributed by atoms with Gasteiger partial charge in [-0.05, 0) is 18.2 Å². The molecule has 4 aromatic rings. The first-order chi connectivity index (χ1) is 18.9. The Bertz CT molecular complexity index is 1630. The third-order valence-corrected chi connectivity index (χ3v) is 7.55. The molecule has 0 aliphatic carbocycles. The molecule has 1 aromatic heterocycles. The van der Waals surface area contributed by atoms with E-state index in [1.165, 1.54) is 6.20 Å². The SMILES string of the molecule is O=C(NN1CCOc2ccccc21)c1cnc2c(-c3cc(F)cc(F)c3F)cccc2c1N1CC2(COC2)C1. The molecule has 3 aliphatic rings. The van der Waals surface area contributed by atoms with E-state index >= 15 is 0 Å². The summed E-state index contributed by atoms with van der Waals surface area (Å²) in [5.41, 5.74) is 5.09. The van der Waals surface area contributed by atoms with Crippen LogP contribution in [0.25, 0.3) is 22.0 Å². The van der Waals surface area contributed by atoms with Gasteiger partial charge in [0, 0.05) is 41.9 Å². The van der Waals surface area contributed by atoms with Crippen LogP contribution in [0.1, 0.15) is 10.4 Å². The smallest absolute Gasteiger partial charge is 0.273 e. The Labute approximate surface area is 221 Å². The minimum absolute atomic E-state index is 0.0435. The molecule has 7 nitrogen and oxygen atoms in total. The summed E-state index contributed by atoms with van der Waals surface area (Å²) >= 11 is 0. The molecule has 7 rings (SSSR count). The second-order valence-corrected chi connectivity index (χ2v) is 10.2. The highest BCUT2D eigenvalue weighted by molar-refractivity contribution is 6.10. The van der Waals surface area contributed by atoms with Crippen molar-refractivity contribution in [1.29, 1.82) is 0 Å². The lowest BCUT2D eigenvalue weighted by Crippen LogP contribution is -2.66. The average Bonchev–Trinajstić information content (AvgIpc) is 2.89. The lowest BCUT2D eigenvalue weighted by Gasteiger charge is -2.56. The van der Waals surface area contributed by atoms with E-state index in [0.717, 1.165) is 11.8 Å². The molecule has 10 heteroatoms. The highest BCUT2D eigenvalue weighted by Gasteiger charge is 2.50. The highest BCUT2D eigenvalue weighted by atomic mass is 19.2. The van der Waals surface area contributed by atoms with Gasteiger partial charge in [0.05, 0.1) is 47.6 Å². The van der Waals surface area contributed by atoms with Crippen LogP contribution in [0.2, 0.25) is 0 Å². The number of hydrazine groups is 1. The minimum atomic E-state index is -1.28. The third kappa shape index (κ3) is 3.85. The fourth-order valence-electron chi connectivity index (χ4n) is 5.65. The predicted molar refractivity (Wildman–Crippen MR) is 139 cm³/mol. The number of carbonyl (C=O) groups is 1. The van der Waals surface area contributed by atoms with Gasteiger partial charge in [0.25, 0.3) is 5.91 Å². The van der Waals surface area contributed by atoms with Crippen molar-refractivity contribution in [2.45, 2.75) is 0 Å². The number of hydrogen-bond acceptors (Lipinski definition) is 6. The highest BCUT2D eigenvalue weighted by Crippen LogP contribution is 2.45. The molecule has 2 fully saturated rings. The summed E-state index contributed by atoms with van der Waals surface area (Å²) < 4.78 is 54.1. The summed E-state index contributed by atoms with van der Waals surface area (Å²) in [7, 11) is 0. The maximum absolute atomic E-state index is 14.8. The van der Waals surface area contributed by atoms with Crippen LogP contribution in [-0.2, 0) is 4.74 Å². The van der Waals surface area contributed by atoms with Crippen LogP contribution >= 0.6 is 0 Å². The zero-order valence-electron chi connectivity index (χ0n) is 20.7. The van der Waals surface area contributed by atoms with Crippen LogP contribution in [0, 0.1) is 22.9 Å². The maximum atomic E-state index is 14.8. The van der Waals surface area contributed by atoms with Crippen molar-refractivity contribution in [3.63, 3.8) is 0 Å². The van der Waals surface area contributed by atoms with Gasteiger partial charge < -0.3 is 14.4 Å². The molecule has 0 saturated carbocycles. The van der Waals surface area contributed by atoms with Crippen LogP contribution < -0.4 is 20.1 Å². The monoisotopic (exact) mass is 532 g/mol. The lowest BCUT2D eigenvalue weighted by atomic mass is 9.77. The Kier molecular flexibility index (Phi) is 5.41. The minimum Gasteiger partial charge on any atom is -0.489 e. The molecule has 1 amide bonds. The number of pyridine rings is 1. The van der Waals surface area contributed by atoms with Crippen molar-refractivity contribution < 1.29 is 27.4 Å². The molecule has 1 spiro atoms. The number of ether oxygens (including phenoxy) is 2. The van der Waals surface area contributed by atoms with Crippen molar-refractivity contribution in [3.05, 3.63) is 83.8 Å². The van der Waals surface area contributed by atoms with Gasteiger partial charge in [0.15, 0.2) is 11.6 Å². The van der Waals surface area contributed by atoms with Crippen molar-refractivity contribution >= 4 is 28.2 Å². The van der Waals surface area contributed by atoms with Crippen molar-refractivity contribution in [2.75, 3.05) is 49.4 Å². The zero-order chi connectivity index (χ0) is 26.7. The number of halogens is 3. The van der Waals surface area contributed by atoms with Crippen LogP contribution in [0.4, 0.5) is 24.5 Å². The Morgan fingerprint density at radius 1 is 1.00 bits per heavy atom. The average molecular weight is 533 g/mol. The van der Waals surface area contributed by atoms with Gasteiger partial charge in [-0.1, -0.05) is 30.3 Å². The van der Waals surface area contributed by atoms with E-state index in [-0.39, 0.29) is 22.4 Å². The van der Waals surface area contributed by atoms with Crippen LogP contribution in [0.15, 0.2) is 60.8 Å². The Hall–Kier alpha value is -4.31. The molecular weight excluding hydrogens is 509 g/mol. The van der Waals surface area contributed by atoms with Gasteiger partial charge in [0.2, 0.25) is 0 Å². The van der Waals surface area contributed by atoms with Crippen LogP contribution in [0.5, 0.6) is 5.75 Å². The summed E-state index contributed by atoms with van der Waals surface area (Å²) in [4.78, 5) is 20.3. The van der Waals surface area contributed by atoms with E-state index in [1.807, 2.05) is 24.3 Å². The van der Waals surface area contributed by atoms with E-state index in [9.17, 15) is 18.0 Å². The predicted octanol–water partition coefficient (Wildman–Crippen LogP) is 4.70. The fraction of sp³-hybridized carbons (Fsp3) is 0.241. The molecule has 3 aliphatic heterocycles. The van der Waals surface area contributed by atoms with E-state index in [2.05, 4.69) is 15.3 Å². The number of carbonyl (C=O) groups excluding carboxylic acids is 1. The largest absolute Gasteiger partial charge is 0.489 e. The Morgan fingerprint density at radius 3 is 2.62 bits per heavy atom. The molecule has 1 N–H and O–H groups in total. The topological polar surface area (TPSA) is 66.9 Å². The summed E-state index contributed by atoms with van der Waals surface area (Å²) in [6, 6.07) is 13.9. The van der Waals surface area contributed by atoms with E-state index < -0.39 is 17.5 Å². The fourth-order valence-corrected chi connectivity index (χ4v) is 5.65. The molecule has 0 atom stereocenters. The lowest BCUT2D eigenvalue weighted by molar-refractivity contribution is -0.126. The zero-order valence-corrected chi connectivity index (χ0v) is 20.7. The number of nitrogens with one attached hydrogen (secondary N) is 1. The molecule has 2 saturated heterocycles. The van der Waals surface area contributed by atoms with Crippen LogP contribution in [-0.4, -0.2) is 50.3 Å². The maximum Gasteiger partial charge on any atom is 0.273 e. The number of benzene rings is 3. The van der Waals surface area contributed by atoms with Gasteiger partial charge in [-0.15, -0.1) is 0 Å².